The van der Waals surface area contributed by atoms with Crippen LogP contribution in [0.15, 0.2) is 0 Å². The molecule has 1 aliphatic carbocycles. The van der Waals surface area contributed by atoms with Gasteiger partial charge in [0.1, 0.15) is 14.2 Å². The smallest absolute Gasteiger partial charge is 0.404 e. The van der Waals surface area contributed by atoms with Crippen molar-refractivity contribution >= 4 is 25.1 Å². The van der Waals surface area contributed by atoms with Crippen LogP contribution in [0.4, 0.5) is 4.79 Å². The molecular weight excluding hydrogens is 252 g/mol. The van der Waals surface area contributed by atoms with Gasteiger partial charge in [0.2, 0.25) is 0 Å². The highest BCUT2D eigenvalue weighted by Crippen LogP contribution is 2.29. The van der Waals surface area contributed by atoms with E-state index in [0.717, 1.165) is 25.7 Å². The summed E-state index contributed by atoms with van der Waals surface area (Å²) < 4.78 is 5.16. The lowest BCUT2D eigenvalue weighted by atomic mass is 9.84. The molecule has 0 amide bonds. The van der Waals surface area contributed by atoms with Gasteiger partial charge in [0, 0.05) is 23.9 Å². The van der Waals surface area contributed by atoms with Gasteiger partial charge in [-0.2, -0.15) is 0 Å². The van der Waals surface area contributed by atoms with Gasteiger partial charge in [-0.1, -0.05) is 26.1 Å². The zero-order valence-electron chi connectivity index (χ0n) is 10.9. The van der Waals surface area contributed by atoms with Crippen molar-refractivity contribution in [3.05, 3.63) is 0 Å². The molecule has 0 aromatic carbocycles. The van der Waals surface area contributed by atoms with E-state index in [-0.39, 0.29) is 6.10 Å². The van der Waals surface area contributed by atoms with Crippen molar-refractivity contribution in [1.29, 1.82) is 0 Å². The van der Waals surface area contributed by atoms with Crippen LogP contribution in [-0.4, -0.2) is 19.6 Å². The van der Waals surface area contributed by atoms with E-state index in [1.165, 1.54) is 6.42 Å². The summed E-state index contributed by atoms with van der Waals surface area (Å²) in [6.45, 7) is 6.70. The Hall–Kier alpha value is -0.463. The van der Waals surface area contributed by atoms with Crippen molar-refractivity contribution in [2.45, 2.75) is 57.8 Å². The van der Waals surface area contributed by atoms with Crippen LogP contribution < -0.4 is 0 Å². The molecule has 2 unspecified atom stereocenters. The number of ether oxygens (including phenoxy) is 1. The van der Waals surface area contributed by atoms with Crippen molar-refractivity contribution in [1.82, 2.24) is 0 Å². The molecule has 17 heavy (non-hydrogen) atoms. The molecule has 0 spiro atoms. The maximum absolute atomic E-state index is 10.8. The lowest BCUT2D eigenvalue weighted by Gasteiger charge is -2.29. The van der Waals surface area contributed by atoms with Crippen molar-refractivity contribution < 1.29 is 9.53 Å². The Morgan fingerprint density at radius 3 is 2.59 bits per heavy atom. The summed E-state index contributed by atoms with van der Waals surface area (Å²) in [5, 5.41) is 0. The van der Waals surface area contributed by atoms with Crippen LogP contribution in [0.1, 0.15) is 32.1 Å². The molecule has 1 fully saturated rings. The number of hydrogen-bond acceptors (Lipinski definition) is 2. The number of halogens is 1. The fourth-order valence-electron chi connectivity index (χ4n) is 2.13. The minimum Gasteiger partial charge on any atom is -0.450 e. The van der Waals surface area contributed by atoms with E-state index < -0.39 is 13.5 Å². The van der Waals surface area contributed by atoms with Crippen LogP contribution >= 0.6 is 11.6 Å². The molecule has 0 bridgehead atoms. The summed E-state index contributed by atoms with van der Waals surface area (Å²) in [5.41, 5.74) is 2.68. The summed E-state index contributed by atoms with van der Waals surface area (Å²) >= 11 is 5.29. The first kappa shape index (κ1) is 14.6. The molecule has 96 valence electrons. The molecule has 4 heteroatoms. The van der Waals surface area contributed by atoms with Gasteiger partial charge in [0.15, 0.2) is 0 Å². The highest BCUT2D eigenvalue weighted by Gasteiger charge is 2.27. The lowest BCUT2D eigenvalue weighted by Crippen LogP contribution is -2.28. The Balaban J connectivity index is 2.53. The van der Waals surface area contributed by atoms with Crippen LogP contribution in [0.3, 0.4) is 0 Å². The van der Waals surface area contributed by atoms with Gasteiger partial charge in [-0.25, -0.2) is 4.79 Å². The first-order valence-electron chi connectivity index (χ1n) is 6.24. The maximum Gasteiger partial charge on any atom is 0.404 e. The molecule has 0 aliphatic heterocycles. The molecule has 0 radical (unpaired) electrons. The zero-order chi connectivity index (χ0) is 12.9. The number of rotatable bonds is 2. The predicted molar refractivity (Wildman–Crippen MR) is 73.8 cm³/mol. The molecule has 1 aliphatic rings. The van der Waals surface area contributed by atoms with Crippen LogP contribution in [0.25, 0.3) is 0 Å². The molecule has 0 aromatic rings. The Bertz CT molecular complexity index is 325. The van der Waals surface area contributed by atoms with E-state index in [2.05, 4.69) is 31.1 Å². The van der Waals surface area contributed by atoms with Gasteiger partial charge in [0.05, 0.1) is 0 Å². The van der Waals surface area contributed by atoms with Crippen molar-refractivity contribution in [2.24, 2.45) is 5.92 Å². The number of hydrogen-bond donors (Lipinski definition) is 0. The van der Waals surface area contributed by atoms with Gasteiger partial charge < -0.3 is 4.74 Å². The summed E-state index contributed by atoms with van der Waals surface area (Å²) in [7, 11) is -1.29. The third-order valence-electron chi connectivity index (χ3n) is 2.91. The highest BCUT2D eigenvalue weighted by molar-refractivity contribution is 6.83. The van der Waals surface area contributed by atoms with E-state index in [9.17, 15) is 4.79 Å². The van der Waals surface area contributed by atoms with Crippen LogP contribution in [0.2, 0.25) is 19.6 Å². The third kappa shape index (κ3) is 6.14. The van der Waals surface area contributed by atoms with E-state index in [1.54, 1.807) is 0 Å². The molecule has 0 saturated heterocycles. The average Bonchev–Trinajstić information content (AvgIpc) is 2.18. The summed E-state index contributed by atoms with van der Waals surface area (Å²) in [6.07, 6.45) is 5.15. The largest absolute Gasteiger partial charge is 0.450 e. The second-order valence-corrected chi connectivity index (χ2v) is 10.8. The van der Waals surface area contributed by atoms with E-state index in [0.29, 0.717) is 5.92 Å². The quantitative estimate of drug-likeness (QED) is 0.428. The van der Waals surface area contributed by atoms with Crippen molar-refractivity contribution in [2.75, 3.05) is 0 Å². The fraction of sp³-hybridized carbons (Fsp3) is 0.769. The first-order valence-corrected chi connectivity index (χ1v) is 10.1. The molecule has 2 nitrogen and oxygen atoms in total. The van der Waals surface area contributed by atoms with Crippen molar-refractivity contribution in [3.63, 3.8) is 0 Å². The first-order chi connectivity index (χ1) is 7.88. The Labute approximate surface area is 110 Å². The number of carbonyl (C=O) groups excluding carboxylic acids is 1. The van der Waals surface area contributed by atoms with Crippen LogP contribution in [0.5, 0.6) is 0 Å². The van der Waals surface area contributed by atoms with Gasteiger partial charge in [-0.3, -0.25) is 0 Å². The van der Waals surface area contributed by atoms with Crippen LogP contribution in [-0.2, 0) is 4.74 Å². The highest BCUT2D eigenvalue weighted by atomic mass is 35.5. The minimum absolute atomic E-state index is 0.0234. The van der Waals surface area contributed by atoms with Gasteiger partial charge >= 0.3 is 5.43 Å². The average molecular weight is 273 g/mol. The summed E-state index contributed by atoms with van der Waals surface area (Å²) in [4.78, 5) is 10.8. The second kappa shape index (κ2) is 6.46. The monoisotopic (exact) mass is 272 g/mol. The zero-order valence-corrected chi connectivity index (χ0v) is 12.6. The second-order valence-electron chi connectivity index (χ2n) is 5.69. The molecule has 0 aromatic heterocycles. The standard InChI is InChI=1S/C13H21ClO2Si/c1-17(2,3)10-6-8-11-7-4-5-9-12(11)16-13(14)15/h11-12H,4-5,7-9H2,1-3H3. The Morgan fingerprint density at radius 1 is 1.35 bits per heavy atom. The molecule has 0 heterocycles. The van der Waals surface area contributed by atoms with E-state index in [4.69, 9.17) is 16.3 Å². The normalized spacial score (nSPS) is 24.7. The summed E-state index contributed by atoms with van der Waals surface area (Å²) in [6, 6.07) is 0. The van der Waals surface area contributed by atoms with E-state index in [1.807, 2.05) is 0 Å². The number of carbonyl (C=O) groups is 1. The topological polar surface area (TPSA) is 26.3 Å². The van der Waals surface area contributed by atoms with Gasteiger partial charge in [-0.05, 0) is 19.3 Å². The molecule has 2 atom stereocenters. The molecule has 0 N–H and O–H groups in total. The van der Waals surface area contributed by atoms with Crippen LogP contribution in [0, 0.1) is 17.4 Å². The SMILES string of the molecule is C[Si](C)(C)C#CCC1CCCCC1OC(=O)Cl. The molecular formula is C13H21ClO2Si. The minimum atomic E-state index is -1.29. The van der Waals surface area contributed by atoms with Crippen molar-refractivity contribution in [3.8, 4) is 11.5 Å². The lowest BCUT2D eigenvalue weighted by molar-refractivity contribution is 0.0545. The van der Waals surface area contributed by atoms with Gasteiger partial charge in [-0.15, -0.1) is 11.5 Å². The summed E-state index contributed by atoms with van der Waals surface area (Å²) in [5.74, 6) is 3.65. The predicted octanol–water partition coefficient (Wildman–Crippen LogP) is 4.19. The maximum atomic E-state index is 10.8. The fourth-order valence-corrected chi connectivity index (χ4v) is 2.88. The van der Waals surface area contributed by atoms with Gasteiger partial charge in [0.25, 0.3) is 0 Å². The third-order valence-corrected chi connectivity index (χ3v) is 3.93. The Morgan fingerprint density at radius 2 is 2.00 bits per heavy atom. The molecule has 1 saturated carbocycles. The Kier molecular flexibility index (Phi) is 5.55. The van der Waals surface area contributed by atoms with E-state index >= 15 is 0 Å². The molecule has 1 rings (SSSR count).